The van der Waals surface area contributed by atoms with Crippen LogP contribution in [0, 0.1) is 12.8 Å². The number of halogens is 1. The molecule has 2 aromatic heterocycles. The lowest BCUT2D eigenvalue weighted by Gasteiger charge is -2.47. The zero-order chi connectivity index (χ0) is 37.9. The number of nitrogens with one attached hydrogen (secondary N) is 2. The third-order valence-electron chi connectivity index (χ3n) is 8.66. The molecule has 5 N–H and O–H groups in total. The number of H-pyrrole nitrogens is 1. The number of aliphatic hydroxyl groups is 2. The lowest BCUT2D eigenvalue weighted by atomic mass is 9.89. The van der Waals surface area contributed by atoms with E-state index in [0.717, 1.165) is 17.7 Å². The van der Waals surface area contributed by atoms with E-state index >= 15 is 0 Å². The van der Waals surface area contributed by atoms with Crippen molar-refractivity contribution in [3.05, 3.63) is 80.4 Å². The summed E-state index contributed by atoms with van der Waals surface area (Å²) < 4.78 is 34.4. The Kier molecular flexibility index (Phi) is 11.9. The van der Waals surface area contributed by atoms with Crippen molar-refractivity contribution in [2.75, 3.05) is 25.6 Å². The number of carbonyl (C=O) groups is 2. The van der Waals surface area contributed by atoms with Gasteiger partial charge in [-0.05, 0) is 87.6 Å². The number of hydrogen-bond donors (Lipinski definition) is 5. The van der Waals surface area contributed by atoms with Gasteiger partial charge in [-0.1, -0.05) is 25.4 Å². The Hall–Kier alpha value is -4.60. The minimum absolute atomic E-state index is 0.0180. The number of aliphatic hydroxyl groups excluding tert-OH is 2. The average Bonchev–Trinajstić information content (AvgIpc) is 3.54. The van der Waals surface area contributed by atoms with Crippen molar-refractivity contribution in [3.8, 4) is 17.2 Å². The second-order valence-electron chi connectivity index (χ2n) is 13.4. The van der Waals surface area contributed by atoms with Crippen LogP contribution in [0.2, 0.25) is 5.02 Å². The summed E-state index contributed by atoms with van der Waals surface area (Å²) >= 11 is 6.62. The Balaban J connectivity index is 1.39. The van der Waals surface area contributed by atoms with Gasteiger partial charge in [-0.2, -0.15) is 0 Å². The average molecular weight is 743 g/mol. The first kappa shape index (κ1) is 38.6. The molecule has 4 aromatic rings. The highest BCUT2D eigenvalue weighted by molar-refractivity contribution is 6.36. The smallest absolute Gasteiger partial charge is 0.364 e. The van der Waals surface area contributed by atoms with Crippen molar-refractivity contribution in [1.29, 1.82) is 0 Å². The summed E-state index contributed by atoms with van der Waals surface area (Å²) in [6.45, 7) is 9.18. The fraction of sp³-hybridized carbons (Fsp3) is 0.432. The molecule has 1 fully saturated rings. The van der Waals surface area contributed by atoms with E-state index in [4.69, 9.17) is 39.7 Å². The van der Waals surface area contributed by atoms with E-state index in [1.54, 1.807) is 45.0 Å². The largest absolute Gasteiger partial charge is 0.505 e. The number of carbonyl (C=O) groups excluding carboxylic acids is 2. The van der Waals surface area contributed by atoms with Crippen LogP contribution in [-0.2, 0) is 20.6 Å². The van der Waals surface area contributed by atoms with Gasteiger partial charge in [-0.3, -0.25) is 4.79 Å². The zero-order valence-corrected chi connectivity index (χ0v) is 30.4. The molecule has 1 aliphatic heterocycles. The standard InChI is InChI=1S/C37H43ClN2O12/c1-18(2)7-9-20-17-21(10-13-24(20)48-16-15-41)33(44)40-27-28(42)22-11-14-25(26(38)30(22)50-35(27)46)49-36-29(43)31(32(47-6)37(4,5)52-36)51-34(45)23-12-8-19(3)39-23/h8,10-14,17-18,29,31-32,36,39,41-43H,7,9,15-16H2,1-6H3,(H,40,44). The van der Waals surface area contributed by atoms with Gasteiger partial charge in [0.25, 0.3) is 5.91 Å². The summed E-state index contributed by atoms with van der Waals surface area (Å²) in [5.74, 6) is -1.18. The Morgan fingerprint density at radius 2 is 1.85 bits per heavy atom. The molecule has 0 spiro atoms. The molecule has 1 amide bonds. The number of rotatable bonds is 13. The Morgan fingerprint density at radius 3 is 2.50 bits per heavy atom. The van der Waals surface area contributed by atoms with Crippen molar-refractivity contribution in [2.45, 2.75) is 77.7 Å². The maximum Gasteiger partial charge on any atom is 0.364 e. The topological polar surface area (TPSA) is 199 Å². The van der Waals surface area contributed by atoms with Gasteiger partial charge in [0.2, 0.25) is 6.29 Å². The fourth-order valence-electron chi connectivity index (χ4n) is 5.99. The van der Waals surface area contributed by atoms with Crippen molar-refractivity contribution in [2.24, 2.45) is 5.92 Å². The SMILES string of the molecule is COC1C(OC(=O)c2ccc(C)[nH]2)C(O)C(Oc2ccc3c(O)c(NC(=O)c4ccc(OCCO)c(CCC(C)C)c4)c(=O)oc3c2Cl)OC1(C)C. The molecular formula is C37H43ClN2O12. The molecule has 0 radical (unpaired) electrons. The van der Waals surface area contributed by atoms with E-state index < -0.39 is 59.1 Å². The summed E-state index contributed by atoms with van der Waals surface area (Å²) in [5.41, 5.74) is -1.13. The summed E-state index contributed by atoms with van der Waals surface area (Å²) in [4.78, 5) is 42.3. The van der Waals surface area contributed by atoms with Crippen molar-refractivity contribution >= 4 is 40.1 Å². The van der Waals surface area contributed by atoms with Gasteiger partial charge in [-0.25, -0.2) is 9.59 Å². The van der Waals surface area contributed by atoms with Crippen molar-refractivity contribution < 1.29 is 53.0 Å². The van der Waals surface area contributed by atoms with Gasteiger partial charge in [0, 0.05) is 18.4 Å². The van der Waals surface area contributed by atoms with Crippen LogP contribution in [0.1, 0.15) is 66.2 Å². The highest BCUT2D eigenvalue weighted by Gasteiger charge is 2.53. The number of aromatic hydroxyl groups is 1. The molecule has 0 bridgehead atoms. The molecule has 0 aliphatic carbocycles. The van der Waals surface area contributed by atoms with Crippen LogP contribution in [0.4, 0.5) is 5.69 Å². The van der Waals surface area contributed by atoms with Gasteiger partial charge in [0.1, 0.15) is 34.9 Å². The van der Waals surface area contributed by atoms with Crippen LogP contribution >= 0.6 is 11.6 Å². The molecule has 14 nitrogen and oxygen atoms in total. The van der Waals surface area contributed by atoms with E-state index in [2.05, 4.69) is 24.1 Å². The predicted molar refractivity (Wildman–Crippen MR) is 190 cm³/mol. The molecule has 4 atom stereocenters. The number of esters is 1. The van der Waals surface area contributed by atoms with Gasteiger partial charge in [-0.15, -0.1) is 0 Å². The van der Waals surface area contributed by atoms with E-state index in [-0.39, 0.29) is 46.2 Å². The molecular weight excluding hydrogens is 700 g/mol. The van der Waals surface area contributed by atoms with Gasteiger partial charge in [0.15, 0.2) is 29.2 Å². The first-order chi connectivity index (χ1) is 24.6. The van der Waals surface area contributed by atoms with Gasteiger partial charge < -0.3 is 53.7 Å². The normalized spacial score (nSPS) is 19.8. The number of benzene rings is 2. The first-order valence-electron chi connectivity index (χ1n) is 16.7. The maximum absolute atomic E-state index is 13.3. The number of fused-ring (bicyclic) bond motifs is 1. The maximum atomic E-state index is 13.3. The number of hydrogen-bond acceptors (Lipinski definition) is 12. The van der Waals surface area contributed by atoms with Crippen molar-refractivity contribution in [3.63, 3.8) is 0 Å². The van der Waals surface area contributed by atoms with E-state index in [1.165, 1.54) is 25.3 Å². The number of anilines is 1. The van der Waals surface area contributed by atoms with Crippen molar-refractivity contribution in [1.82, 2.24) is 4.98 Å². The lowest BCUT2D eigenvalue weighted by molar-refractivity contribution is -0.305. The third-order valence-corrected chi connectivity index (χ3v) is 9.02. The number of aromatic amines is 1. The van der Waals surface area contributed by atoms with E-state index in [9.17, 15) is 29.7 Å². The predicted octanol–water partition coefficient (Wildman–Crippen LogP) is 5.12. The first-order valence-corrected chi connectivity index (χ1v) is 17.1. The Bertz CT molecular complexity index is 1990. The van der Waals surface area contributed by atoms with Crippen LogP contribution in [0.15, 0.2) is 51.7 Å². The number of methoxy groups -OCH3 is 1. The van der Waals surface area contributed by atoms with Crippen LogP contribution in [0.5, 0.6) is 17.2 Å². The highest BCUT2D eigenvalue weighted by Crippen LogP contribution is 2.41. The second-order valence-corrected chi connectivity index (χ2v) is 13.8. The zero-order valence-electron chi connectivity index (χ0n) is 29.7. The van der Waals surface area contributed by atoms with E-state index in [0.29, 0.717) is 18.1 Å². The summed E-state index contributed by atoms with van der Waals surface area (Å²) in [6.07, 6.45) is -3.72. The quantitative estimate of drug-likeness (QED) is 0.0897. The molecule has 0 saturated carbocycles. The number of ether oxygens (including phenoxy) is 5. The highest BCUT2D eigenvalue weighted by atomic mass is 35.5. The molecule has 5 rings (SSSR count). The van der Waals surface area contributed by atoms with Crippen LogP contribution in [0.3, 0.4) is 0 Å². The number of aryl methyl sites for hydroxylation is 2. The third kappa shape index (κ3) is 8.21. The van der Waals surface area contributed by atoms with Gasteiger partial charge >= 0.3 is 11.6 Å². The van der Waals surface area contributed by atoms with Crippen LogP contribution in [-0.4, -0.2) is 82.7 Å². The van der Waals surface area contributed by atoms with Crippen LogP contribution in [0.25, 0.3) is 11.0 Å². The molecule has 3 heterocycles. The summed E-state index contributed by atoms with van der Waals surface area (Å²) in [6, 6.07) is 10.7. The molecule has 52 heavy (non-hydrogen) atoms. The Morgan fingerprint density at radius 1 is 1.12 bits per heavy atom. The fourth-order valence-corrected chi connectivity index (χ4v) is 6.24. The Labute approximate surface area is 304 Å². The minimum Gasteiger partial charge on any atom is -0.505 e. The summed E-state index contributed by atoms with van der Waals surface area (Å²) in [7, 11) is 1.39. The number of aromatic nitrogens is 1. The summed E-state index contributed by atoms with van der Waals surface area (Å²) in [5, 5.41) is 33.8. The van der Waals surface area contributed by atoms with Gasteiger partial charge in [0.05, 0.1) is 17.6 Å². The molecule has 15 heteroatoms. The molecule has 1 aliphatic rings. The molecule has 280 valence electrons. The monoisotopic (exact) mass is 742 g/mol. The minimum atomic E-state index is -1.57. The lowest BCUT2D eigenvalue weighted by Crippen LogP contribution is -2.65. The van der Waals surface area contributed by atoms with E-state index in [1.807, 2.05) is 0 Å². The molecule has 4 unspecified atom stereocenters. The molecule has 1 saturated heterocycles. The molecule has 2 aromatic carbocycles. The van der Waals surface area contributed by atoms with Crippen LogP contribution < -0.4 is 20.4 Å². The second kappa shape index (κ2) is 16.0. The number of amides is 1.